The van der Waals surface area contributed by atoms with Gasteiger partial charge >= 0.3 is 6.18 Å². The van der Waals surface area contributed by atoms with E-state index in [1.807, 2.05) is 0 Å². The zero-order valence-corrected chi connectivity index (χ0v) is 9.72. The average molecular weight is 277 g/mol. The summed E-state index contributed by atoms with van der Waals surface area (Å²) in [5, 5.41) is 12.1. The number of nitrogens with one attached hydrogen (secondary N) is 1. The van der Waals surface area contributed by atoms with Gasteiger partial charge < -0.3 is 10.4 Å². The molecule has 19 heavy (non-hydrogen) atoms. The lowest BCUT2D eigenvalue weighted by atomic mass is 9.96. The highest BCUT2D eigenvalue weighted by atomic mass is 19.4. The first-order valence-corrected chi connectivity index (χ1v) is 5.66. The molecule has 0 saturated carbocycles. The van der Waals surface area contributed by atoms with Crippen LogP contribution in [0.4, 0.5) is 23.2 Å². The first-order chi connectivity index (χ1) is 8.80. The molecule has 2 rings (SSSR count). The van der Waals surface area contributed by atoms with Crippen molar-refractivity contribution in [2.45, 2.75) is 19.0 Å². The van der Waals surface area contributed by atoms with Crippen LogP contribution in [0.15, 0.2) is 12.1 Å². The second kappa shape index (κ2) is 4.71. The Bertz CT molecular complexity index is 480. The molecule has 3 nitrogen and oxygen atoms in total. The zero-order chi connectivity index (χ0) is 14.2. The molecule has 0 radical (unpaired) electrons. The fourth-order valence-corrected chi connectivity index (χ4v) is 2.15. The molecule has 0 amide bonds. The number of phenols is 1. The lowest BCUT2D eigenvalue weighted by molar-refractivity contribution is -0.175. The second-order valence-electron chi connectivity index (χ2n) is 4.40. The highest BCUT2D eigenvalue weighted by Gasteiger charge is 2.43. The minimum atomic E-state index is -4.90. The van der Waals surface area contributed by atoms with Crippen LogP contribution in [0, 0.1) is 11.7 Å². The number of Topliss-reactive ketones (excluding diaryl/α,β-unsaturated/α-hetero) is 1. The molecule has 0 aromatic heterocycles. The summed E-state index contributed by atoms with van der Waals surface area (Å²) in [6.45, 7) is -0.300. The fraction of sp³-hybridized carbons (Fsp3) is 0.417. The molecular formula is C12H11F4NO2. The number of ketones is 1. The topological polar surface area (TPSA) is 49.3 Å². The Morgan fingerprint density at radius 2 is 2.05 bits per heavy atom. The van der Waals surface area contributed by atoms with Crippen molar-refractivity contribution in [1.82, 2.24) is 0 Å². The molecule has 1 aromatic carbocycles. The largest absolute Gasteiger partial charge is 0.508 e. The lowest BCUT2D eigenvalue weighted by Crippen LogP contribution is -2.34. The van der Waals surface area contributed by atoms with Gasteiger partial charge in [-0.15, -0.1) is 0 Å². The van der Waals surface area contributed by atoms with Gasteiger partial charge in [0.25, 0.3) is 0 Å². The molecule has 0 saturated heterocycles. The van der Waals surface area contributed by atoms with Crippen LogP contribution in [0.5, 0.6) is 5.75 Å². The van der Waals surface area contributed by atoms with Gasteiger partial charge in [0.2, 0.25) is 5.78 Å². The minimum absolute atomic E-state index is 0.0123. The Morgan fingerprint density at radius 1 is 1.37 bits per heavy atom. The summed E-state index contributed by atoms with van der Waals surface area (Å²) in [5.74, 6) is -3.95. The Balaban J connectivity index is 2.25. The van der Waals surface area contributed by atoms with E-state index in [9.17, 15) is 27.5 Å². The molecule has 1 aliphatic heterocycles. The number of rotatable bonds is 1. The third-order valence-corrected chi connectivity index (χ3v) is 3.16. The van der Waals surface area contributed by atoms with Crippen LogP contribution in [0.2, 0.25) is 0 Å². The average Bonchev–Trinajstić information content (AvgIpc) is 2.55. The Morgan fingerprint density at radius 3 is 2.68 bits per heavy atom. The highest BCUT2D eigenvalue weighted by molar-refractivity contribution is 5.87. The zero-order valence-electron chi connectivity index (χ0n) is 9.72. The summed E-state index contributed by atoms with van der Waals surface area (Å²) in [7, 11) is 0. The molecule has 1 aliphatic rings. The van der Waals surface area contributed by atoms with Gasteiger partial charge in [0, 0.05) is 18.0 Å². The Hall–Kier alpha value is -1.79. The third-order valence-electron chi connectivity index (χ3n) is 3.16. The Labute approximate surface area is 106 Å². The van der Waals surface area contributed by atoms with Crippen LogP contribution in [0.25, 0.3) is 0 Å². The van der Waals surface area contributed by atoms with Gasteiger partial charge in [-0.3, -0.25) is 4.79 Å². The van der Waals surface area contributed by atoms with Gasteiger partial charge in [-0.2, -0.15) is 13.2 Å². The predicted octanol–water partition coefficient (Wildman–Crippen LogP) is 2.64. The quantitative estimate of drug-likeness (QED) is 0.776. The first kappa shape index (κ1) is 13.6. The maximum absolute atomic E-state index is 13.5. The number of carbonyl (C=O) groups is 1. The number of carbonyl (C=O) groups excluding carboxylic acids is 1. The molecule has 1 atom stereocenters. The molecule has 0 aliphatic carbocycles. The number of fused-ring (bicyclic) bond motifs is 1. The van der Waals surface area contributed by atoms with Crippen molar-refractivity contribution in [3.05, 3.63) is 23.5 Å². The number of halogens is 4. The number of alkyl halides is 3. The summed E-state index contributed by atoms with van der Waals surface area (Å²) in [5.41, 5.74) is 0.176. The van der Waals surface area contributed by atoms with Crippen molar-refractivity contribution in [3.8, 4) is 5.75 Å². The van der Waals surface area contributed by atoms with Crippen LogP contribution in [-0.4, -0.2) is 23.6 Å². The number of benzene rings is 1. The maximum atomic E-state index is 13.5. The molecule has 104 valence electrons. The van der Waals surface area contributed by atoms with E-state index < -0.39 is 23.7 Å². The van der Waals surface area contributed by atoms with Crippen molar-refractivity contribution in [1.29, 1.82) is 0 Å². The van der Waals surface area contributed by atoms with Gasteiger partial charge in [-0.05, 0) is 25.0 Å². The van der Waals surface area contributed by atoms with E-state index in [-0.39, 0.29) is 36.4 Å². The van der Waals surface area contributed by atoms with Crippen LogP contribution in [0.1, 0.15) is 12.0 Å². The summed E-state index contributed by atoms with van der Waals surface area (Å²) < 4.78 is 50.6. The van der Waals surface area contributed by atoms with E-state index in [1.165, 1.54) is 0 Å². The van der Waals surface area contributed by atoms with Crippen LogP contribution >= 0.6 is 0 Å². The minimum Gasteiger partial charge on any atom is -0.508 e. The van der Waals surface area contributed by atoms with Crippen molar-refractivity contribution in [2.75, 3.05) is 11.9 Å². The van der Waals surface area contributed by atoms with Crippen LogP contribution in [-0.2, 0) is 11.2 Å². The first-order valence-electron chi connectivity index (χ1n) is 5.66. The summed E-state index contributed by atoms with van der Waals surface area (Å²) in [4.78, 5) is 11.2. The normalized spacial score (nSPS) is 19.3. The number of aromatic hydroxyl groups is 1. The highest BCUT2D eigenvalue weighted by Crippen LogP contribution is 2.34. The van der Waals surface area contributed by atoms with Crippen molar-refractivity contribution in [2.24, 2.45) is 5.92 Å². The third kappa shape index (κ3) is 2.64. The molecule has 1 heterocycles. The Kier molecular flexibility index (Phi) is 3.38. The second-order valence-corrected chi connectivity index (χ2v) is 4.40. The molecule has 1 aromatic rings. The predicted molar refractivity (Wildman–Crippen MR) is 59.4 cm³/mol. The summed E-state index contributed by atoms with van der Waals surface area (Å²) in [6, 6.07) is 2.16. The van der Waals surface area contributed by atoms with Crippen molar-refractivity contribution < 1.29 is 27.5 Å². The molecule has 0 bridgehead atoms. The van der Waals surface area contributed by atoms with Gasteiger partial charge in [-0.1, -0.05) is 0 Å². The standard InChI is InChI=1S/C12H11F4NO2/c13-8-3-4-9(18)7-2-1-6(5-17-10(7)8)11(19)12(14,15)16/h3-4,6,17-18H,1-2,5H2. The number of hydrogen-bond donors (Lipinski definition) is 2. The molecule has 0 spiro atoms. The number of anilines is 1. The van der Waals surface area contributed by atoms with E-state index in [1.54, 1.807) is 0 Å². The molecular weight excluding hydrogens is 266 g/mol. The monoisotopic (exact) mass is 277 g/mol. The van der Waals surface area contributed by atoms with E-state index in [0.29, 0.717) is 0 Å². The van der Waals surface area contributed by atoms with Crippen LogP contribution in [0.3, 0.4) is 0 Å². The number of phenolic OH excluding ortho intramolecular Hbond substituents is 1. The lowest BCUT2D eigenvalue weighted by Gasteiger charge is -2.15. The van der Waals surface area contributed by atoms with Gasteiger partial charge in [0.05, 0.1) is 5.69 Å². The van der Waals surface area contributed by atoms with E-state index in [2.05, 4.69) is 5.32 Å². The van der Waals surface area contributed by atoms with Gasteiger partial charge in [0.1, 0.15) is 11.6 Å². The molecule has 1 unspecified atom stereocenters. The SMILES string of the molecule is O=C(C1CCc2c(O)ccc(F)c2NC1)C(F)(F)F. The smallest absolute Gasteiger partial charge is 0.450 e. The van der Waals surface area contributed by atoms with Crippen molar-refractivity contribution >= 4 is 11.5 Å². The van der Waals surface area contributed by atoms with E-state index in [0.717, 1.165) is 12.1 Å². The molecule has 7 heteroatoms. The summed E-state index contributed by atoms with van der Waals surface area (Å²) >= 11 is 0. The van der Waals surface area contributed by atoms with Gasteiger partial charge in [-0.25, -0.2) is 4.39 Å². The van der Waals surface area contributed by atoms with Crippen molar-refractivity contribution in [3.63, 3.8) is 0 Å². The number of hydrogen-bond acceptors (Lipinski definition) is 3. The molecule has 0 fully saturated rings. The summed E-state index contributed by atoms with van der Waals surface area (Å²) in [6.07, 6.45) is -4.97. The molecule has 2 N–H and O–H groups in total. The maximum Gasteiger partial charge on any atom is 0.450 e. The van der Waals surface area contributed by atoms with Crippen LogP contribution < -0.4 is 5.32 Å². The fourth-order valence-electron chi connectivity index (χ4n) is 2.15. The van der Waals surface area contributed by atoms with E-state index >= 15 is 0 Å². The van der Waals surface area contributed by atoms with Gasteiger partial charge in [0.15, 0.2) is 0 Å². The van der Waals surface area contributed by atoms with E-state index in [4.69, 9.17) is 0 Å².